The lowest BCUT2D eigenvalue weighted by molar-refractivity contribution is -0.158. The van der Waals surface area contributed by atoms with E-state index in [9.17, 15) is 57.5 Å². The van der Waals surface area contributed by atoms with Gasteiger partial charge in [0.1, 0.15) is 66.4 Å². The van der Waals surface area contributed by atoms with Gasteiger partial charge in [0.2, 0.25) is 23.6 Å². The summed E-state index contributed by atoms with van der Waals surface area (Å²) in [6, 6.07) is 45.5. The summed E-state index contributed by atoms with van der Waals surface area (Å²) in [5.74, 6) is 1.06. The number of imide groups is 4. The molecule has 4 aromatic heterocycles. The van der Waals surface area contributed by atoms with Crippen molar-refractivity contribution in [3.63, 3.8) is 0 Å². The molecule has 28 nitrogen and oxygen atoms in total. The van der Waals surface area contributed by atoms with Gasteiger partial charge in [0, 0.05) is 108 Å². The fraction of sp³-hybridized carbons (Fsp3) is 0.440. The van der Waals surface area contributed by atoms with Crippen LogP contribution in [0.1, 0.15) is 241 Å². The number of pyridine rings is 4. The second kappa shape index (κ2) is 48.3. The average molecular weight is 1880 g/mol. The fourth-order valence-corrected chi connectivity index (χ4v) is 17.1. The maximum Gasteiger partial charge on any atom is 0.311 e. The summed E-state index contributed by atoms with van der Waals surface area (Å²) in [4.78, 5) is 159. The Hall–Kier alpha value is -11.5. The van der Waals surface area contributed by atoms with E-state index in [1.165, 1.54) is 0 Å². The van der Waals surface area contributed by atoms with Crippen molar-refractivity contribution in [3.05, 3.63) is 238 Å². The molecule has 8 atom stereocenters. The topological polar surface area (TPSA) is 378 Å². The van der Waals surface area contributed by atoms with Crippen LogP contribution in [0.25, 0.3) is 0 Å². The second-order valence-electron chi connectivity index (χ2n) is 35.4. The van der Waals surface area contributed by atoms with Gasteiger partial charge in [0.25, 0.3) is 21.0 Å². The largest absolute Gasteiger partial charge is 0.493 e. The Morgan fingerprint density at radius 1 is 0.326 bits per heavy atom. The van der Waals surface area contributed by atoms with Crippen LogP contribution in [0, 0.1) is 10.8 Å². The molecule has 0 bridgehead atoms. The van der Waals surface area contributed by atoms with E-state index in [4.69, 9.17) is 37.9 Å². The number of amides is 8. The number of ether oxygens (including phenoxy) is 8. The predicted octanol–water partition coefficient (Wildman–Crippen LogP) is 18.8. The molecule has 8 aromatic rings. The maximum absolute atomic E-state index is 12.1. The van der Waals surface area contributed by atoms with Gasteiger partial charge in [-0.1, -0.05) is 99.5 Å². The van der Waals surface area contributed by atoms with E-state index >= 15 is 0 Å². The number of esters is 4. The minimum atomic E-state index is -0.778. The minimum absolute atomic E-state index is 0.180. The van der Waals surface area contributed by atoms with E-state index < -0.39 is 29.8 Å². The van der Waals surface area contributed by atoms with Crippen LogP contribution in [0.2, 0.25) is 0 Å². The van der Waals surface area contributed by atoms with Crippen molar-refractivity contribution in [2.75, 3.05) is 26.4 Å². The molecule has 4 aliphatic rings. The number of nitrogens with zero attached hydrogens (tertiary/aromatic N) is 4. The molecular formula is C100H120N8O20S4. The monoisotopic (exact) mass is 1880 g/mol. The third kappa shape index (κ3) is 32.5. The van der Waals surface area contributed by atoms with Crippen LogP contribution < -0.4 is 40.2 Å². The van der Waals surface area contributed by atoms with E-state index in [1.54, 1.807) is 52.5 Å². The van der Waals surface area contributed by atoms with Gasteiger partial charge in [0.05, 0.1) is 37.3 Å². The molecule has 4 saturated heterocycles. The summed E-state index contributed by atoms with van der Waals surface area (Å²) in [7, 11) is 0. The van der Waals surface area contributed by atoms with Gasteiger partial charge >= 0.3 is 23.9 Å². The van der Waals surface area contributed by atoms with Crippen LogP contribution in [0.4, 0.5) is 19.2 Å². The number of thioether (sulfide) groups is 4. The number of hydrogen-bond acceptors (Lipinski definition) is 28. The number of rotatable bonds is 38. The number of carbonyl (C=O) groups is 12. The zero-order valence-electron chi connectivity index (χ0n) is 77.8. The van der Waals surface area contributed by atoms with Crippen molar-refractivity contribution in [2.45, 2.75) is 244 Å². The van der Waals surface area contributed by atoms with Crippen LogP contribution in [-0.4, -0.2) is 134 Å². The maximum atomic E-state index is 12.1. The third-order valence-corrected chi connectivity index (χ3v) is 25.8. The number of hydrogen-bond donors (Lipinski definition) is 4. The molecule has 4 unspecified atom stereocenters. The summed E-state index contributed by atoms with van der Waals surface area (Å²) in [5, 5.41) is 8.16. The zero-order valence-corrected chi connectivity index (χ0v) is 81.1. The molecule has 4 aromatic carbocycles. The van der Waals surface area contributed by atoms with Crippen LogP contribution in [0.5, 0.6) is 23.0 Å². The number of unbranched alkanes of at least 4 members (excludes halogenated alkanes) is 2. The molecule has 8 heterocycles. The van der Waals surface area contributed by atoms with Crippen molar-refractivity contribution in [3.8, 4) is 23.0 Å². The highest BCUT2D eigenvalue weighted by Crippen LogP contribution is 2.40. The van der Waals surface area contributed by atoms with Crippen LogP contribution in [0.15, 0.2) is 170 Å². The Bertz CT molecular complexity index is 4970. The molecule has 132 heavy (non-hydrogen) atoms. The van der Waals surface area contributed by atoms with Crippen molar-refractivity contribution < 1.29 is 95.4 Å². The Kier molecular flexibility index (Phi) is 38.1. The van der Waals surface area contributed by atoms with Gasteiger partial charge in [-0.2, -0.15) is 0 Å². The Balaban J connectivity index is 0.000000198. The highest BCUT2D eigenvalue weighted by Gasteiger charge is 2.47. The first-order chi connectivity index (χ1) is 62.5. The normalized spacial score (nSPS) is 18.9. The fourth-order valence-electron chi connectivity index (χ4n) is 13.3. The van der Waals surface area contributed by atoms with E-state index in [-0.39, 0.29) is 92.9 Å². The summed E-state index contributed by atoms with van der Waals surface area (Å²) >= 11 is 4.13. The van der Waals surface area contributed by atoms with E-state index in [2.05, 4.69) is 41.2 Å². The molecule has 4 fully saturated rings. The number of carbonyl (C=O) groups excluding carboxylic acids is 12. The van der Waals surface area contributed by atoms with Gasteiger partial charge in [-0.15, -0.1) is 0 Å². The van der Waals surface area contributed by atoms with Gasteiger partial charge in [-0.3, -0.25) is 98.7 Å². The van der Waals surface area contributed by atoms with Crippen LogP contribution >= 0.6 is 47.0 Å². The number of nitrogens with one attached hydrogen (secondary N) is 4. The first-order valence-electron chi connectivity index (χ1n) is 44.2. The summed E-state index contributed by atoms with van der Waals surface area (Å²) in [5.41, 5.74) is 9.72. The molecule has 0 spiro atoms. The Morgan fingerprint density at radius 3 is 0.712 bits per heavy atom. The van der Waals surface area contributed by atoms with Crippen molar-refractivity contribution in [1.29, 1.82) is 0 Å². The molecule has 4 N–H and O–H groups in total. The summed E-state index contributed by atoms with van der Waals surface area (Å²) in [6.45, 7) is 31.4. The average Bonchev–Trinajstić information content (AvgIpc) is 1.64. The molecule has 0 aliphatic carbocycles. The molecule has 0 radical (unpaired) electrons. The molecule has 704 valence electrons. The second-order valence-corrected chi connectivity index (χ2v) is 41.3. The van der Waals surface area contributed by atoms with Crippen molar-refractivity contribution in [1.82, 2.24) is 41.2 Å². The number of benzene rings is 4. The van der Waals surface area contributed by atoms with Gasteiger partial charge in [0.15, 0.2) is 0 Å². The molecule has 8 amide bonds. The van der Waals surface area contributed by atoms with E-state index in [0.717, 1.165) is 163 Å². The van der Waals surface area contributed by atoms with Crippen LogP contribution in [0.3, 0.4) is 0 Å². The van der Waals surface area contributed by atoms with E-state index in [1.807, 2.05) is 229 Å². The highest BCUT2D eigenvalue weighted by atomic mass is 32.2. The smallest absolute Gasteiger partial charge is 0.311 e. The molecular weight excluding hydrogens is 1760 g/mol. The van der Waals surface area contributed by atoms with Gasteiger partial charge in [-0.25, -0.2) is 0 Å². The standard InChI is InChI=1S/4C25H30N2O5S/c2*1-16(32-22(29)24(2,3)4)18-8-9-19(26-15-18)12-13-31-20-10-6-17(7-11-20)14-25(5)21(28)27-23(30)33-25;2*1-4-5-6-22(28)32-17(2)19-9-10-20(26-16-19)13-14-31-21-11-7-18(8-12-21)15-25(3)23(29)27-24(30)33-25/h2*6-11,15-16H,12-14H2,1-5H3,(H,27,28,30);2*7-12,16-17H,4-6,13-15H2,1-3H3,(H,27,29,30)/t2*16-,25?;2*17-,25?/m1010/s1. The molecule has 4 aliphatic heterocycles. The first kappa shape index (κ1) is 104. The summed E-state index contributed by atoms with van der Waals surface area (Å²) < 4.78 is 42.1. The molecule has 0 saturated carbocycles. The summed E-state index contributed by atoms with van der Waals surface area (Å²) in [6.07, 6.45) is 14.5. The Morgan fingerprint density at radius 2 is 0.538 bits per heavy atom. The predicted molar refractivity (Wildman–Crippen MR) is 508 cm³/mol. The molecule has 32 heteroatoms. The Labute approximate surface area is 789 Å². The minimum Gasteiger partial charge on any atom is -0.493 e. The van der Waals surface area contributed by atoms with Gasteiger partial charge in [-0.05, 0) is 278 Å². The van der Waals surface area contributed by atoms with E-state index in [0.29, 0.717) is 90.6 Å². The van der Waals surface area contributed by atoms with Crippen LogP contribution in [-0.2, 0) is 109 Å². The lowest BCUT2D eigenvalue weighted by atomic mass is 9.97. The lowest BCUT2D eigenvalue weighted by Gasteiger charge is -2.21. The first-order valence-corrected chi connectivity index (χ1v) is 47.4. The lowest BCUT2D eigenvalue weighted by Crippen LogP contribution is -2.35. The highest BCUT2D eigenvalue weighted by molar-refractivity contribution is 8.17. The molecule has 12 rings (SSSR count). The van der Waals surface area contributed by atoms with Crippen molar-refractivity contribution >= 4 is 116 Å². The zero-order chi connectivity index (χ0) is 96.1. The third-order valence-electron chi connectivity index (χ3n) is 21.6. The SMILES string of the molecule is CCCCC(=O)O[C@@H](C)c1ccc(CCOc2ccc(CC3(C)SC(=O)NC3=O)cc2)nc1.CCCCC(=O)O[C@H](C)c1ccc(CCOc2ccc(CC3(C)SC(=O)NC3=O)cc2)nc1.C[C@@H](OC(=O)C(C)(C)C)c1ccc(CCOc2ccc(CC3(C)SC(=O)NC3=O)cc2)nc1.C[C@H](OC(=O)C(C)(C)C)c1ccc(CCOc2ccc(CC3(C)SC(=O)NC3=O)cc2)nc1. The quantitative estimate of drug-likeness (QED) is 0.0206. The van der Waals surface area contributed by atoms with Crippen molar-refractivity contribution in [2.24, 2.45) is 10.8 Å². The van der Waals surface area contributed by atoms with Gasteiger partial charge < -0.3 is 37.9 Å². The number of aromatic nitrogens is 4.